The first-order chi connectivity index (χ1) is 29.9. The smallest absolute Gasteiger partial charge is 0.206 e. The Labute approximate surface area is 387 Å². The van der Waals surface area contributed by atoms with Gasteiger partial charge in [0, 0.05) is 5.41 Å². The second kappa shape index (κ2) is 19.7. The molecule has 0 atom stereocenters. The van der Waals surface area contributed by atoms with Crippen molar-refractivity contribution in [3.8, 4) is 34.5 Å². The Bertz CT molecular complexity index is 2600. The highest BCUT2D eigenvalue weighted by molar-refractivity contribution is 7.91. The molecule has 8 nitrogen and oxygen atoms in total. The highest BCUT2D eigenvalue weighted by Crippen LogP contribution is 2.39. The third-order valence-electron chi connectivity index (χ3n) is 12.8. The number of hydrogen-bond donors (Lipinski definition) is 6. The molecule has 0 amide bonds. The third kappa shape index (κ3) is 11.5. The number of hydrogen-bond acceptors (Lipinski definition) is 8. The second-order valence-corrected chi connectivity index (χ2v) is 21.2. The lowest BCUT2D eigenvalue weighted by Crippen LogP contribution is -2.19. The molecule has 6 aromatic carbocycles. The summed E-state index contributed by atoms with van der Waals surface area (Å²) in [5.41, 5.74) is 14.1. The van der Waals surface area contributed by atoms with Crippen molar-refractivity contribution in [3.63, 3.8) is 0 Å². The molecule has 0 bridgehead atoms. The predicted molar refractivity (Wildman–Crippen MR) is 264 cm³/mol. The Kier molecular flexibility index (Phi) is 15.6. The summed E-state index contributed by atoms with van der Waals surface area (Å²) in [6, 6.07) is 22.3. The number of benzene rings is 6. The van der Waals surface area contributed by atoms with Crippen LogP contribution in [0.2, 0.25) is 0 Å². The highest BCUT2D eigenvalue weighted by Gasteiger charge is 2.27. The number of sulfone groups is 1. The summed E-state index contributed by atoms with van der Waals surface area (Å²) in [7, 11) is -3.68. The number of phenols is 6. The highest BCUT2D eigenvalue weighted by atomic mass is 32.2. The van der Waals surface area contributed by atoms with Crippen LogP contribution in [0.4, 0.5) is 0 Å². The van der Waals surface area contributed by atoms with E-state index in [4.69, 9.17) is 0 Å². The molecule has 0 aliphatic carbocycles. The molecular weight excluding hydrogens is 833 g/mol. The molecule has 0 aromatic heterocycles. The van der Waals surface area contributed by atoms with E-state index in [9.17, 15) is 39.1 Å². The summed E-state index contributed by atoms with van der Waals surface area (Å²) < 4.78 is 25.4. The van der Waals surface area contributed by atoms with Gasteiger partial charge in [-0.05, 0) is 215 Å². The minimum absolute atomic E-state index is 0.0307. The molecule has 0 heterocycles. The largest absolute Gasteiger partial charge is 0.507 e. The molecule has 0 aliphatic heterocycles. The first-order valence-electron chi connectivity index (χ1n) is 22.0. The van der Waals surface area contributed by atoms with E-state index in [2.05, 4.69) is 52.0 Å². The van der Waals surface area contributed by atoms with Gasteiger partial charge < -0.3 is 30.6 Å². The maximum Gasteiger partial charge on any atom is 0.206 e. The molecule has 6 rings (SSSR count). The van der Waals surface area contributed by atoms with E-state index in [1.54, 1.807) is 27.7 Å². The standard InChI is InChI=1S/C21H28O2.C19H24O2.C16H18O4S/c1-13-9-17(10-14(2)19(13)22)7-8-21(5,6)18-11-15(3)20(23)16(4)12-18;1-11-7-15(8-12(2)17(11)20)19(5,6)16-9-13(3)18(21)14(4)10-16;1-9-5-13(6-10(2)15(9)17)21(19,20)14-7-11(3)16(18)12(4)8-14/h9-12,22-23H,7-8H2,1-6H3;7-10,20-21H,1-6H3;5-8,17-18H,1-4H3. The van der Waals surface area contributed by atoms with Crippen molar-refractivity contribution in [2.75, 3.05) is 0 Å². The van der Waals surface area contributed by atoms with E-state index in [1.165, 1.54) is 46.5 Å². The minimum Gasteiger partial charge on any atom is -0.507 e. The van der Waals surface area contributed by atoms with Crippen LogP contribution in [0.1, 0.15) is 123 Å². The number of aryl methyl sites for hydroxylation is 13. The maximum atomic E-state index is 12.7. The van der Waals surface area contributed by atoms with Crippen molar-refractivity contribution in [2.45, 2.75) is 144 Å². The lowest BCUT2D eigenvalue weighted by molar-refractivity contribution is 0.457. The first kappa shape index (κ1) is 51.7. The zero-order valence-electron chi connectivity index (χ0n) is 41.3. The van der Waals surface area contributed by atoms with Crippen molar-refractivity contribution in [1.82, 2.24) is 0 Å². The molecule has 348 valence electrons. The SMILES string of the molecule is Cc1cc(C(C)(C)c2cc(C)c(O)c(C)c2)cc(C)c1O.Cc1cc(CCC(C)(C)c2cc(C)c(O)c(C)c2)cc(C)c1O.Cc1cc(S(=O)(=O)c2cc(C)c(O)c(C)c2)cc(C)c1O. The average Bonchev–Trinajstić information content (AvgIpc) is 3.22. The van der Waals surface area contributed by atoms with Gasteiger partial charge in [0.05, 0.1) is 9.79 Å². The van der Waals surface area contributed by atoms with E-state index < -0.39 is 9.84 Å². The van der Waals surface area contributed by atoms with Gasteiger partial charge >= 0.3 is 0 Å². The molecular formula is C56H70O8S. The molecule has 0 radical (unpaired) electrons. The normalized spacial score (nSPS) is 11.7. The first-order valence-corrected chi connectivity index (χ1v) is 23.5. The van der Waals surface area contributed by atoms with Crippen LogP contribution in [0, 0.1) is 83.1 Å². The molecule has 9 heteroatoms. The summed E-state index contributed by atoms with van der Waals surface area (Å²) in [5, 5.41) is 59.3. The van der Waals surface area contributed by atoms with Crippen molar-refractivity contribution in [3.05, 3.63) is 162 Å². The zero-order valence-corrected chi connectivity index (χ0v) is 42.1. The fourth-order valence-electron chi connectivity index (χ4n) is 8.22. The van der Waals surface area contributed by atoms with Gasteiger partial charge in [-0.15, -0.1) is 0 Å². The van der Waals surface area contributed by atoms with Gasteiger partial charge in [0.1, 0.15) is 34.5 Å². The monoisotopic (exact) mass is 902 g/mol. The van der Waals surface area contributed by atoms with E-state index >= 15 is 0 Å². The minimum atomic E-state index is -3.68. The molecule has 0 spiro atoms. The Morgan fingerprint density at radius 1 is 0.354 bits per heavy atom. The number of rotatable bonds is 8. The maximum absolute atomic E-state index is 12.7. The predicted octanol–water partition coefficient (Wildman–Crippen LogP) is 13.1. The summed E-state index contributed by atoms with van der Waals surface area (Å²) in [4.78, 5) is 0.277. The van der Waals surface area contributed by atoms with Gasteiger partial charge in [-0.3, -0.25) is 0 Å². The van der Waals surface area contributed by atoms with Crippen LogP contribution in [-0.2, 0) is 27.1 Å². The van der Waals surface area contributed by atoms with Crippen molar-refractivity contribution < 1.29 is 39.1 Å². The summed E-state index contributed by atoms with van der Waals surface area (Å²) in [6.45, 7) is 31.0. The second-order valence-electron chi connectivity index (χ2n) is 19.3. The Hall–Kier alpha value is -5.93. The molecule has 0 saturated heterocycles. The molecule has 6 aromatic rings. The van der Waals surface area contributed by atoms with Crippen LogP contribution in [0.3, 0.4) is 0 Å². The average molecular weight is 903 g/mol. The van der Waals surface area contributed by atoms with Crippen LogP contribution in [0.15, 0.2) is 82.6 Å². The Balaban J connectivity index is 0.000000214. The Morgan fingerprint density at radius 2 is 0.569 bits per heavy atom. The van der Waals surface area contributed by atoms with Gasteiger partial charge in [-0.25, -0.2) is 8.42 Å². The lowest BCUT2D eigenvalue weighted by Gasteiger charge is -2.28. The van der Waals surface area contributed by atoms with E-state index in [1.807, 2.05) is 79.7 Å². The fraction of sp³-hybridized carbons (Fsp3) is 0.357. The van der Waals surface area contributed by atoms with Crippen molar-refractivity contribution >= 4 is 9.84 Å². The van der Waals surface area contributed by atoms with Crippen LogP contribution in [0.5, 0.6) is 34.5 Å². The molecule has 0 aliphatic rings. The number of aromatic hydroxyl groups is 6. The van der Waals surface area contributed by atoms with Crippen molar-refractivity contribution in [1.29, 1.82) is 0 Å². The van der Waals surface area contributed by atoms with Crippen LogP contribution < -0.4 is 0 Å². The quantitative estimate of drug-likeness (QED) is 0.0882. The molecule has 6 N–H and O–H groups in total. The molecule has 0 unspecified atom stereocenters. The Morgan fingerprint density at radius 3 is 0.831 bits per heavy atom. The summed E-state index contributed by atoms with van der Waals surface area (Å²) in [6.07, 6.45) is 1.98. The zero-order chi connectivity index (χ0) is 49.3. The van der Waals surface area contributed by atoms with Gasteiger partial charge in [-0.2, -0.15) is 0 Å². The molecule has 65 heavy (non-hydrogen) atoms. The molecule has 0 saturated carbocycles. The van der Waals surface area contributed by atoms with Gasteiger partial charge in [0.15, 0.2) is 0 Å². The van der Waals surface area contributed by atoms with E-state index in [0.29, 0.717) is 45.3 Å². The van der Waals surface area contributed by atoms with Crippen LogP contribution in [0.25, 0.3) is 0 Å². The van der Waals surface area contributed by atoms with E-state index in [-0.39, 0.29) is 32.1 Å². The van der Waals surface area contributed by atoms with Gasteiger partial charge in [-0.1, -0.05) is 76.2 Å². The topological polar surface area (TPSA) is 156 Å². The van der Waals surface area contributed by atoms with E-state index in [0.717, 1.165) is 57.3 Å². The fourth-order valence-corrected chi connectivity index (χ4v) is 9.82. The lowest BCUT2D eigenvalue weighted by atomic mass is 9.76. The molecule has 0 fully saturated rings. The van der Waals surface area contributed by atoms with Crippen LogP contribution in [-0.4, -0.2) is 39.1 Å². The third-order valence-corrected chi connectivity index (χ3v) is 14.5. The number of phenolic OH excluding ortho intramolecular Hbond substituents is 6. The van der Waals surface area contributed by atoms with Crippen LogP contribution >= 0.6 is 0 Å². The van der Waals surface area contributed by atoms with Gasteiger partial charge in [0.25, 0.3) is 0 Å². The summed E-state index contributed by atoms with van der Waals surface area (Å²) >= 11 is 0. The van der Waals surface area contributed by atoms with Gasteiger partial charge in [0.2, 0.25) is 9.84 Å². The summed E-state index contributed by atoms with van der Waals surface area (Å²) in [5.74, 6) is 1.74. The van der Waals surface area contributed by atoms with Crippen molar-refractivity contribution in [2.24, 2.45) is 0 Å².